The quantitative estimate of drug-likeness (QED) is 0.467. The van der Waals surface area contributed by atoms with Crippen molar-refractivity contribution >= 4 is 30.2 Å². The average molecular weight is 433 g/mol. The van der Waals surface area contributed by atoms with E-state index in [-0.39, 0.29) is 24.2 Å². The lowest BCUT2D eigenvalue weighted by molar-refractivity contribution is 0.0899. The van der Waals surface area contributed by atoms with Crippen LogP contribution in [0.2, 0.25) is 0 Å². The molecule has 2 aliphatic rings. The summed E-state index contributed by atoms with van der Waals surface area (Å²) in [5.74, 6) is 0.822. The third-order valence-corrected chi connectivity index (χ3v) is 6.99. The van der Waals surface area contributed by atoms with Crippen molar-refractivity contribution < 1.29 is 9.53 Å². The van der Waals surface area contributed by atoms with E-state index in [9.17, 15) is 4.79 Å². The second kappa shape index (κ2) is 7.80. The molecule has 1 aromatic heterocycles. The first-order chi connectivity index (χ1) is 16.1. The molecule has 2 fully saturated rings. The molecule has 1 N–H and O–H groups in total. The fourth-order valence-corrected chi connectivity index (χ4v) is 4.92. The summed E-state index contributed by atoms with van der Waals surface area (Å²) in [4.78, 5) is 23.1. The first kappa shape index (κ1) is 20.1. The molecule has 1 spiro atoms. The Morgan fingerprint density at radius 2 is 1.88 bits per heavy atom. The Morgan fingerprint density at radius 1 is 1.09 bits per heavy atom. The van der Waals surface area contributed by atoms with Gasteiger partial charge in [-0.15, -0.1) is 0 Å². The molecular weight excluding hydrogens is 409 g/mol. The second-order valence-electron chi connectivity index (χ2n) is 9.39. The minimum Gasteiger partial charge on any atom is -0.445 e. The number of imidazole rings is 1. The van der Waals surface area contributed by atoms with Crippen LogP contribution in [0.4, 0.5) is 4.79 Å². The number of benzene rings is 3. The summed E-state index contributed by atoms with van der Waals surface area (Å²) in [5.41, 5.74) is 3.97. The first-order valence-electron chi connectivity index (χ1n) is 11.4. The van der Waals surface area contributed by atoms with Crippen LogP contribution in [0.25, 0.3) is 22.0 Å². The number of ether oxygens (including phenoxy) is 1. The average Bonchev–Trinajstić information content (AvgIpc) is 3.24. The molecule has 5 nitrogen and oxygen atoms in total. The Labute approximate surface area is 194 Å². The molecule has 0 unspecified atom stereocenters. The molecule has 6 heteroatoms. The van der Waals surface area contributed by atoms with E-state index < -0.39 is 0 Å². The molecule has 1 aliphatic heterocycles. The van der Waals surface area contributed by atoms with Crippen molar-refractivity contribution in [1.82, 2.24) is 14.9 Å². The van der Waals surface area contributed by atoms with Gasteiger partial charge in [0.15, 0.2) is 0 Å². The minimum atomic E-state index is -0.270. The molecule has 162 valence electrons. The van der Waals surface area contributed by atoms with E-state index in [1.165, 1.54) is 0 Å². The number of aromatic nitrogens is 2. The van der Waals surface area contributed by atoms with E-state index in [0.717, 1.165) is 64.7 Å². The van der Waals surface area contributed by atoms with Crippen molar-refractivity contribution in [3.63, 3.8) is 0 Å². The van der Waals surface area contributed by atoms with Crippen LogP contribution in [0.15, 0.2) is 72.9 Å². The van der Waals surface area contributed by atoms with Gasteiger partial charge in [0.05, 0.1) is 17.9 Å². The van der Waals surface area contributed by atoms with Gasteiger partial charge in [0, 0.05) is 12.1 Å². The van der Waals surface area contributed by atoms with Crippen LogP contribution in [0.5, 0.6) is 0 Å². The van der Waals surface area contributed by atoms with Gasteiger partial charge in [0.1, 0.15) is 20.3 Å². The third-order valence-electron chi connectivity index (χ3n) is 6.99. The maximum absolute atomic E-state index is 13.0. The Bertz CT molecular complexity index is 1330. The monoisotopic (exact) mass is 433 g/mol. The number of hydrogen-bond donors (Lipinski definition) is 1. The number of likely N-dealkylation sites (tertiary alicyclic amines) is 1. The number of nitrogens with zero attached hydrogens (tertiary/aromatic N) is 2. The van der Waals surface area contributed by atoms with Crippen LogP contribution in [0, 0.1) is 5.41 Å². The fourth-order valence-electron chi connectivity index (χ4n) is 4.92. The fraction of sp³-hybridized carbons (Fsp3) is 0.259. The molecule has 1 aliphatic carbocycles. The van der Waals surface area contributed by atoms with E-state index in [1.54, 1.807) is 0 Å². The number of amides is 1. The predicted molar refractivity (Wildman–Crippen MR) is 129 cm³/mol. The molecule has 6 rings (SSSR count). The van der Waals surface area contributed by atoms with Gasteiger partial charge in [-0.3, -0.25) is 4.90 Å². The number of carbonyl (C=O) groups is 1. The lowest BCUT2D eigenvalue weighted by atomic mass is 9.93. The molecule has 33 heavy (non-hydrogen) atoms. The number of carbonyl (C=O) groups excluding carboxylic acids is 1. The number of nitrogens with one attached hydrogen (secondary N) is 1. The van der Waals surface area contributed by atoms with Gasteiger partial charge in [-0.1, -0.05) is 66.1 Å². The molecular formula is C27H24BN3O2. The summed E-state index contributed by atoms with van der Waals surface area (Å²) in [6.07, 6.45) is 4.84. The Morgan fingerprint density at radius 3 is 2.70 bits per heavy atom. The van der Waals surface area contributed by atoms with E-state index in [2.05, 4.69) is 28.2 Å². The van der Waals surface area contributed by atoms with Gasteiger partial charge in [0.25, 0.3) is 0 Å². The molecule has 2 heterocycles. The number of fused-ring (bicyclic) bond motifs is 1. The van der Waals surface area contributed by atoms with Crippen molar-refractivity contribution in [3.05, 3.63) is 84.3 Å². The highest BCUT2D eigenvalue weighted by molar-refractivity contribution is 6.33. The summed E-state index contributed by atoms with van der Waals surface area (Å²) in [6, 6.07) is 21.9. The highest BCUT2D eigenvalue weighted by atomic mass is 16.6. The van der Waals surface area contributed by atoms with E-state index in [4.69, 9.17) is 12.6 Å². The summed E-state index contributed by atoms with van der Waals surface area (Å²) in [5, 5.41) is 2.24. The maximum atomic E-state index is 13.0. The number of aromatic amines is 1. The Balaban J connectivity index is 1.23. The molecule has 4 aromatic rings. The van der Waals surface area contributed by atoms with Crippen molar-refractivity contribution in [2.75, 3.05) is 6.54 Å². The number of hydrogen-bond acceptors (Lipinski definition) is 3. The van der Waals surface area contributed by atoms with Crippen LogP contribution < -0.4 is 5.46 Å². The van der Waals surface area contributed by atoms with E-state index >= 15 is 0 Å². The second-order valence-corrected chi connectivity index (χ2v) is 9.39. The van der Waals surface area contributed by atoms with Gasteiger partial charge in [-0.2, -0.15) is 0 Å². The van der Waals surface area contributed by atoms with Crippen molar-refractivity contribution in [2.45, 2.75) is 31.9 Å². The molecule has 1 saturated heterocycles. The molecule has 0 bridgehead atoms. The van der Waals surface area contributed by atoms with Gasteiger partial charge in [-0.25, -0.2) is 9.78 Å². The first-order valence-corrected chi connectivity index (χ1v) is 11.4. The third kappa shape index (κ3) is 3.90. The lowest BCUT2D eigenvalue weighted by Crippen LogP contribution is -2.32. The Kier molecular flexibility index (Phi) is 4.75. The molecule has 3 aromatic carbocycles. The van der Waals surface area contributed by atoms with Crippen LogP contribution in [-0.2, 0) is 11.3 Å². The largest absolute Gasteiger partial charge is 0.445 e. The van der Waals surface area contributed by atoms with Crippen LogP contribution in [-0.4, -0.2) is 35.4 Å². The molecule has 1 amide bonds. The molecule has 1 atom stereocenters. The van der Waals surface area contributed by atoms with Gasteiger partial charge < -0.3 is 9.72 Å². The molecule has 2 radical (unpaired) electrons. The van der Waals surface area contributed by atoms with Crippen molar-refractivity contribution in [2.24, 2.45) is 5.41 Å². The van der Waals surface area contributed by atoms with Crippen LogP contribution >= 0.6 is 0 Å². The highest BCUT2D eigenvalue weighted by Gasteiger charge is 2.54. The summed E-state index contributed by atoms with van der Waals surface area (Å²) in [7, 11) is 5.91. The highest BCUT2D eigenvalue weighted by Crippen LogP contribution is 2.58. The van der Waals surface area contributed by atoms with Crippen LogP contribution in [0.3, 0.4) is 0 Å². The maximum Gasteiger partial charge on any atom is 0.410 e. The van der Waals surface area contributed by atoms with E-state index in [1.807, 2.05) is 59.6 Å². The summed E-state index contributed by atoms with van der Waals surface area (Å²) < 4.78 is 5.67. The van der Waals surface area contributed by atoms with Crippen LogP contribution in [0.1, 0.15) is 36.7 Å². The van der Waals surface area contributed by atoms with Crippen molar-refractivity contribution in [1.29, 1.82) is 0 Å². The lowest BCUT2D eigenvalue weighted by Gasteiger charge is -2.22. The topological polar surface area (TPSA) is 58.2 Å². The SMILES string of the molecule is [B]c1ccc2cc(-c3cnc([C@@H]4CC5(CC5)CN4C(=O)OCc4ccccc4)[nH]3)ccc2c1. The Hall–Kier alpha value is -3.54. The number of rotatable bonds is 4. The van der Waals surface area contributed by atoms with Gasteiger partial charge in [-0.05, 0) is 47.1 Å². The zero-order valence-electron chi connectivity index (χ0n) is 18.3. The summed E-state index contributed by atoms with van der Waals surface area (Å²) in [6.45, 7) is 1.01. The summed E-state index contributed by atoms with van der Waals surface area (Å²) >= 11 is 0. The zero-order chi connectivity index (χ0) is 22.4. The van der Waals surface area contributed by atoms with Gasteiger partial charge >= 0.3 is 6.09 Å². The predicted octanol–water partition coefficient (Wildman–Crippen LogP) is 4.89. The normalized spacial score (nSPS) is 18.7. The zero-order valence-corrected chi connectivity index (χ0v) is 18.3. The standard InChI is InChI=1S/C27H24BN3O2/c28-22-9-8-19-12-21(7-6-20(19)13-22)23-15-29-25(30-23)24-14-27(10-11-27)17-31(24)26(32)33-16-18-4-2-1-3-5-18/h1-9,12-13,15,24H,10-11,14,16-17H2,(H,29,30)/t24-/m0/s1. The smallest absolute Gasteiger partial charge is 0.410 e. The van der Waals surface area contributed by atoms with Gasteiger partial charge in [0.2, 0.25) is 0 Å². The minimum absolute atomic E-state index is 0.0928. The van der Waals surface area contributed by atoms with Crippen molar-refractivity contribution in [3.8, 4) is 11.3 Å². The molecule has 1 saturated carbocycles. The van der Waals surface area contributed by atoms with E-state index in [0.29, 0.717) is 0 Å². The number of H-pyrrole nitrogens is 1.